The van der Waals surface area contributed by atoms with Gasteiger partial charge in [0.25, 0.3) is 5.91 Å². The Labute approximate surface area is 121 Å². The zero-order chi connectivity index (χ0) is 14.5. The standard InChI is InChI=1S/C15H14N2O2S/c1-10-6-12(4-3-5-18)8-13(7-10)14(19)17-15-16-9-11(2)20-15/h6-9,18H,5H2,1-2H3,(H,16,17,19). The van der Waals surface area contributed by atoms with Gasteiger partial charge in [-0.15, -0.1) is 11.3 Å². The highest BCUT2D eigenvalue weighted by atomic mass is 32.1. The van der Waals surface area contributed by atoms with E-state index in [1.165, 1.54) is 11.3 Å². The van der Waals surface area contributed by atoms with E-state index >= 15 is 0 Å². The molecule has 0 bridgehead atoms. The fraction of sp³-hybridized carbons (Fsp3) is 0.200. The SMILES string of the molecule is Cc1cc(C#CCO)cc(C(=O)Nc2ncc(C)s2)c1. The minimum atomic E-state index is -0.213. The summed E-state index contributed by atoms with van der Waals surface area (Å²) in [7, 11) is 0. The first-order valence-corrected chi connectivity index (χ1v) is 6.85. The Morgan fingerprint density at radius 2 is 2.20 bits per heavy atom. The molecule has 2 aromatic rings. The predicted molar refractivity (Wildman–Crippen MR) is 79.9 cm³/mol. The summed E-state index contributed by atoms with van der Waals surface area (Å²) >= 11 is 1.43. The van der Waals surface area contributed by atoms with Crippen LogP contribution in [-0.2, 0) is 0 Å². The smallest absolute Gasteiger partial charge is 0.257 e. The molecule has 0 unspecified atom stereocenters. The minimum Gasteiger partial charge on any atom is -0.384 e. The van der Waals surface area contributed by atoms with Crippen LogP contribution in [0.1, 0.15) is 26.4 Å². The summed E-state index contributed by atoms with van der Waals surface area (Å²) in [5.41, 5.74) is 2.18. The minimum absolute atomic E-state index is 0.201. The molecule has 2 N–H and O–H groups in total. The molecular formula is C15H14N2O2S. The second kappa shape index (κ2) is 6.33. The van der Waals surface area contributed by atoms with Crippen molar-refractivity contribution in [1.82, 2.24) is 4.98 Å². The van der Waals surface area contributed by atoms with Crippen molar-refractivity contribution in [2.75, 3.05) is 11.9 Å². The number of aryl methyl sites for hydroxylation is 2. The highest BCUT2D eigenvalue weighted by Crippen LogP contribution is 2.18. The number of anilines is 1. The molecule has 0 fully saturated rings. The molecule has 1 aromatic carbocycles. The third kappa shape index (κ3) is 3.67. The van der Waals surface area contributed by atoms with Crippen molar-refractivity contribution >= 4 is 22.4 Å². The quantitative estimate of drug-likeness (QED) is 0.833. The van der Waals surface area contributed by atoms with Crippen LogP contribution in [0.15, 0.2) is 24.4 Å². The fourth-order valence-electron chi connectivity index (χ4n) is 1.71. The van der Waals surface area contributed by atoms with Crippen LogP contribution < -0.4 is 5.32 Å². The van der Waals surface area contributed by atoms with Crippen LogP contribution in [0.25, 0.3) is 0 Å². The van der Waals surface area contributed by atoms with E-state index in [0.29, 0.717) is 16.3 Å². The van der Waals surface area contributed by atoms with Crippen molar-refractivity contribution in [3.05, 3.63) is 46.0 Å². The molecule has 0 radical (unpaired) electrons. The molecule has 0 spiro atoms. The maximum Gasteiger partial charge on any atom is 0.257 e. The van der Waals surface area contributed by atoms with E-state index < -0.39 is 0 Å². The van der Waals surface area contributed by atoms with Crippen LogP contribution in [-0.4, -0.2) is 22.6 Å². The molecule has 20 heavy (non-hydrogen) atoms. The van der Waals surface area contributed by atoms with E-state index in [9.17, 15) is 4.79 Å². The molecule has 0 saturated carbocycles. The zero-order valence-corrected chi connectivity index (χ0v) is 12.0. The number of aliphatic hydroxyl groups is 1. The first kappa shape index (κ1) is 14.3. The second-order valence-corrected chi connectivity index (χ2v) is 5.51. The number of carbonyl (C=O) groups excluding carboxylic acids is 1. The van der Waals surface area contributed by atoms with Crippen LogP contribution in [0.2, 0.25) is 0 Å². The summed E-state index contributed by atoms with van der Waals surface area (Å²) in [5, 5.41) is 12.1. The Balaban J connectivity index is 2.23. The van der Waals surface area contributed by atoms with Crippen LogP contribution in [0.4, 0.5) is 5.13 Å². The molecular weight excluding hydrogens is 272 g/mol. The first-order chi connectivity index (χ1) is 9.58. The number of thiazole rings is 1. The lowest BCUT2D eigenvalue weighted by Gasteiger charge is -2.04. The Bertz CT molecular complexity index is 695. The van der Waals surface area contributed by atoms with Crippen LogP contribution in [0, 0.1) is 25.7 Å². The summed E-state index contributed by atoms with van der Waals surface area (Å²) in [6.07, 6.45) is 1.72. The largest absolute Gasteiger partial charge is 0.384 e. The summed E-state index contributed by atoms with van der Waals surface area (Å²) in [6.45, 7) is 3.63. The lowest BCUT2D eigenvalue weighted by molar-refractivity contribution is 0.102. The average Bonchev–Trinajstić information content (AvgIpc) is 2.81. The van der Waals surface area contributed by atoms with E-state index in [0.717, 1.165) is 10.4 Å². The normalized spacial score (nSPS) is 9.75. The summed E-state index contributed by atoms with van der Waals surface area (Å²) in [5.74, 6) is 5.17. The van der Waals surface area contributed by atoms with Gasteiger partial charge in [0, 0.05) is 22.2 Å². The van der Waals surface area contributed by atoms with E-state index in [4.69, 9.17) is 5.11 Å². The Kier molecular flexibility index (Phi) is 4.51. The van der Waals surface area contributed by atoms with Gasteiger partial charge in [-0.3, -0.25) is 10.1 Å². The van der Waals surface area contributed by atoms with Gasteiger partial charge in [0.2, 0.25) is 0 Å². The molecule has 1 heterocycles. The summed E-state index contributed by atoms with van der Waals surface area (Å²) in [6, 6.07) is 5.36. The van der Waals surface area contributed by atoms with Gasteiger partial charge < -0.3 is 5.11 Å². The van der Waals surface area contributed by atoms with Gasteiger partial charge in [-0.1, -0.05) is 11.8 Å². The molecule has 2 rings (SSSR count). The third-order valence-electron chi connectivity index (χ3n) is 2.49. The number of benzene rings is 1. The van der Waals surface area contributed by atoms with E-state index in [2.05, 4.69) is 22.1 Å². The number of aromatic nitrogens is 1. The molecule has 102 valence electrons. The summed E-state index contributed by atoms with van der Waals surface area (Å²) < 4.78 is 0. The van der Waals surface area contributed by atoms with Gasteiger partial charge >= 0.3 is 0 Å². The molecule has 5 heteroatoms. The van der Waals surface area contributed by atoms with Crippen LogP contribution in [0.3, 0.4) is 0 Å². The Hall–Kier alpha value is -2.16. The van der Waals surface area contributed by atoms with Crippen molar-refractivity contribution in [2.24, 2.45) is 0 Å². The van der Waals surface area contributed by atoms with Gasteiger partial charge in [0.05, 0.1) is 0 Å². The van der Waals surface area contributed by atoms with Crippen molar-refractivity contribution in [2.45, 2.75) is 13.8 Å². The monoisotopic (exact) mass is 286 g/mol. The van der Waals surface area contributed by atoms with E-state index in [1.807, 2.05) is 19.9 Å². The fourth-order valence-corrected chi connectivity index (χ4v) is 2.37. The van der Waals surface area contributed by atoms with Crippen molar-refractivity contribution < 1.29 is 9.90 Å². The zero-order valence-electron chi connectivity index (χ0n) is 11.2. The van der Waals surface area contributed by atoms with E-state index in [1.54, 1.807) is 18.3 Å². The van der Waals surface area contributed by atoms with Gasteiger partial charge in [0.15, 0.2) is 5.13 Å². The maximum atomic E-state index is 12.2. The molecule has 4 nitrogen and oxygen atoms in total. The highest BCUT2D eigenvalue weighted by Gasteiger charge is 2.09. The van der Waals surface area contributed by atoms with Crippen LogP contribution in [0.5, 0.6) is 0 Å². The van der Waals surface area contributed by atoms with E-state index in [-0.39, 0.29) is 12.5 Å². The summed E-state index contributed by atoms with van der Waals surface area (Å²) in [4.78, 5) is 17.3. The molecule has 0 aliphatic heterocycles. The first-order valence-electron chi connectivity index (χ1n) is 6.03. The number of hydrogen-bond acceptors (Lipinski definition) is 4. The van der Waals surface area contributed by atoms with Crippen molar-refractivity contribution in [3.8, 4) is 11.8 Å². The number of aliphatic hydroxyl groups excluding tert-OH is 1. The highest BCUT2D eigenvalue weighted by molar-refractivity contribution is 7.15. The number of rotatable bonds is 2. The molecule has 0 saturated heterocycles. The Morgan fingerprint density at radius 3 is 2.85 bits per heavy atom. The number of amides is 1. The maximum absolute atomic E-state index is 12.2. The second-order valence-electron chi connectivity index (χ2n) is 4.28. The molecule has 1 amide bonds. The topological polar surface area (TPSA) is 62.2 Å². The molecule has 0 aliphatic rings. The van der Waals surface area contributed by atoms with Gasteiger partial charge in [-0.05, 0) is 37.6 Å². The van der Waals surface area contributed by atoms with Gasteiger partial charge in [-0.25, -0.2) is 4.98 Å². The van der Waals surface area contributed by atoms with Gasteiger partial charge in [-0.2, -0.15) is 0 Å². The number of hydrogen-bond donors (Lipinski definition) is 2. The number of nitrogens with zero attached hydrogens (tertiary/aromatic N) is 1. The van der Waals surface area contributed by atoms with Crippen molar-refractivity contribution in [3.63, 3.8) is 0 Å². The van der Waals surface area contributed by atoms with Crippen LogP contribution >= 0.6 is 11.3 Å². The van der Waals surface area contributed by atoms with Crippen molar-refractivity contribution in [1.29, 1.82) is 0 Å². The Morgan fingerprint density at radius 1 is 1.40 bits per heavy atom. The molecule has 0 atom stereocenters. The number of nitrogens with one attached hydrogen (secondary N) is 1. The molecule has 0 aliphatic carbocycles. The number of carbonyl (C=O) groups is 1. The molecule has 1 aromatic heterocycles. The average molecular weight is 286 g/mol. The predicted octanol–water partition coefficient (Wildman–Crippen LogP) is 2.36. The lowest BCUT2D eigenvalue weighted by Crippen LogP contribution is -2.12. The lowest BCUT2D eigenvalue weighted by atomic mass is 10.1. The van der Waals surface area contributed by atoms with Gasteiger partial charge in [0.1, 0.15) is 6.61 Å². The third-order valence-corrected chi connectivity index (χ3v) is 3.32.